The normalized spacial score (nSPS) is 10.5. The van der Waals surface area contributed by atoms with Crippen LogP contribution in [0.25, 0.3) is 10.9 Å². The summed E-state index contributed by atoms with van der Waals surface area (Å²) in [6, 6.07) is 10.6. The van der Waals surface area contributed by atoms with Crippen molar-refractivity contribution in [2.45, 2.75) is 13.3 Å². The number of anilines is 2. The third-order valence-corrected chi connectivity index (χ3v) is 5.69. The van der Waals surface area contributed by atoms with E-state index in [-0.39, 0.29) is 12.6 Å². The number of hydrogen-bond donors (Lipinski definition) is 2. The van der Waals surface area contributed by atoms with Crippen LogP contribution in [0.3, 0.4) is 0 Å². The summed E-state index contributed by atoms with van der Waals surface area (Å²) in [6.07, 6.45) is 7.06. The number of aromatic nitrogens is 3. The molecule has 35 heavy (non-hydrogen) atoms. The number of rotatable bonds is 6. The Morgan fingerprint density at radius 1 is 1.11 bits per heavy atom. The van der Waals surface area contributed by atoms with Gasteiger partial charge in [-0.3, -0.25) is 9.55 Å². The van der Waals surface area contributed by atoms with E-state index in [0.717, 1.165) is 17.3 Å². The van der Waals surface area contributed by atoms with Crippen LogP contribution < -0.4 is 16.2 Å². The second kappa shape index (κ2) is 12.5. The standard InChI is InChI=1S/C15H16Cl3N3O2.C9H9N3/c1-2-4-20(15(22)21-5-3-19-10-21)6-7-23-14-12(17)8-11(16)9-13(14)18;10-7-5-12-8-4-2-1-3-6(8)9(7)11/h3,5,8-10H,2,4,6-7H2,1H3;1-5H,10H2,(H2,11,12). The van der Waals surface area contributed by atoms with Crippen LogP contribution in [0.2, 0.25) is 15.1 Å². The molecule has 0 aliphatic heterocycles. The molecule has 8 nitrogen and oxygen atoms in total. The first kappa shape index (κ1) is 26.4. The summed E-state index contributed by atoms with van der Waals surface area (Å²) >= 11 is 18.0. The maximum absolute atomic E-state index is 12.3. The van der Waals surface area contributed by atoms with Crippen molar-refractivity contribution >= 4 is 63.1 Å². The zero-order chi connectivity index (χ0) is 25.4. The number of pyridine rings is 1. The monoisotopic (exact) mass is 534 g/mol. The third-order valence-electron chi connectivity index (χ3n) is 4.91. The Balaban J connectivity index is 0.000000237. The van der Waals surface area contributed by atoms with Gasteiger partial charge < -0.3 is 21.1 Å². The quantitative estimate of drug-likeness (QED) is 0.313. The number of halogens is 3. The number of nitrogens with zero attached hydrogens (tertiary/aromatic N) is 4. The molecule has 0 bridgehead atoms. The first-order chi connectivity index (χ1) is 16.8. The van der Waals surface area contributed by atoms with Crippen LogP contribution in [0, 0.1) is 0 Å². The molecule has 0 saturated heterocycles. The number of fused-ring (bicyclic) bond motifs is 1. The molecule has 4 rings (SSSR count). The zero-order valence-electron chi connectivity index (χ0n) is 19.0. The Morgan fingerprint density at radius 3 is 2.49 bits per heavy atom. The van der Waals surface area contributed by atoms with Gasteiger partial charge in [0.15, 0.2) is 5.75 Å². The number of carbonyl (C=O) groups excluding carboxylic acids is 1. The summed E-state index contributed by atoms with van der Waals surface area (Å²) in [6.45, 7) is 3.28. The van der Waals surface area contributed by atoms with Crippen LogP contribution in [0.15, 0.2) is 61.3 Å². The Kier molecular flexibility index (Phi) is 9.42. The summed E-state index contributed by atoms with van der Waals surface area (Å²) in [5.74, 6) is 0.365. The maximum atomic E-state index is 12.3. The number of benzene rings is 2. The number of imidazole rings is 1. The van der Waals surface area contributed by atoms with Gasteiger partial charge in [-0.2, -0.15) is 0 Å². The van der Waals surface area contributed by atoms with Gasteiger partial charge in [-0.15, -0.1) is 0 Å². The van der Waals surface area contributed by atoms with Gasteiger partial charge in [-0.1, -0.05) is 59.9 Å². The molecule has 0 fully saturated rings. The van der Waals surface area contributed by atoms with Crippen LogP contribution in [-0.2, 0) is 0 Å². The van der Waals surface area contributed by atoms with Gasteiger partial charge in [0.1, 0.15) is 12.9 Å². The second-order valence-electron chi connectivity index (χ2n) is 7.43. The van der Waals surface area contributed by atoms with Crippen LogP contribution in [0.1, 0.15) is 13.3 Å². The van der Waals surface area contributed by atoms with Gasteiger partial charge in [0.2, 0.25) is 0 Å². The van der Waals surface area contributed by atoms with E-state index >= 15 is 0 Å². The molecule has 1 amide bonds. The van der Waals surface area contributed by atoms with Crippen molar-refractivity contribution in [1.82, 2.24) is 19.4 Å². The van der Waals surface area contributed by atoms with E-state index in [0.29, 0.717) is 45.3 Å². The fourth-order valence-corrected chi connectivity index (χ4v) is 4.14. The first-order valence-corrected chi connectivity index (χ1v) is 11.9. The maximum Gasteiger partial charge on any atom is 0.329 e. The lowest BCUT2D eigenvalue weighted by Crippen LogP contribution is -2.37. The molecule has 184 valence electrons. The molecule has 0 unspecified atom stereocenters. The highest BCUT2D eigenvalue weighted by molar-refractivity contribution is 6.40. The summed E-state index contributed by atoms with van der Waals surface area (Å²) in [5, 5.41) is 2.03. The molecule has 0 saturated carbocycles. The van der Waals surface area contributed by atoms with Gasteiger partial charge >= 0.3 is 6.03 Å². The lowest BCUT2D eigenvalue weighted by atomic mass is 10.2. The van der Waals surface area contributed by atoms with Gasteiger partial charge in [0, 0.05) is 29.3 Å². The molecular formula is C24H25Cl3N6O2. The van der Waals surface area contributed by atoms with Gasteiger partial charge in [0.05, 0.1) is 39.7 Å². The van der Waals surface area contributed by atoms with E-state index in [1.807, 2.05) is 31.2 Å². The number of nitrogen functional groups attached to an aromatic ring is 2. The molecule has 11 heteroatoms. The van der Waals surface area contributed by atoms with Crippen molar-refractivity contribution in [3.63, 3.8) is 0 Å². The third kappa shape index (κ3) is 6.91. The topological polar surface area (TPSA) is 112 Å². The number of ether oxygens (including phenoxy) is 1. The molecule has 4 aromatic rings. The van der Waals surface area contributed by atoms with E-state index in [4.69, 9.17) is 51.0 Å². The van der Waals surface area contributed by atoms with E-state index in [2.05, 4.69) is 9.97 Å². The number of carbonyl (C=O) groups is 1. The van der Waals surface area contributed by atoms with E-state index in [9.17, 15) is 4.79 Å². The highest BCUT2D eigenvalue weighted by Crippen LogP contribution is 2.35. The molecule has 0 aliphatic carbocycles. The average Bonchev–Trinajstić information content (AvgIpc) is 3.38. The van der Waals surface area contributed by atoms with Crippen LogP contribution >= 0.6 is 34.8 Å². The Morgan fingerprint density at radius 2 is 1.83 bits per heavy atom. The van der Waals surface area contributed by atoms with Gasteiger partial charge in [-0.25, -0.2) is 9.78 Å². The van der Waals surface area contributed by atoms with Crippen molar-refractivity contribution in [1.29, 1.82) is 0 Å². The van der Waals surface area contributed by atoms with Crippen molar-refractivity contribution in [3.05, 3.63) is 76.4 Å². The van der Waals surface area contributed by atoms with E-state index in [1.54, 1.807) is 35.6 Å². The van der Waals surface area contributed by atoms with Crippen LogP contribution in [-0.4, -0.2) is 45.2 Å². The van der Waals surface area contributed by atoms with Crippen LogP contribution in [0.4, 0.5) is 16.2 Å². The molecule has 0 atom stereocenters. The molecule has 0 radical (unpaired) electrons. The van der Waals surface area contributed by atoms with Gasteiger partial charge in [0.25, 0.3) is 0 Å². The summed E-state index contributed by atoms with van der Waals surface area (Å²) in [7, 11) is 0. The average molecular weight is 536 g/mol. The molecular weight excluding hydrogens is 511 g/mol. The van der Waals surface area contributed by atoms with Crippen molar-refractivity contribution in [3.8, 4) is 5.75 Å². The smallest absolute Gasteiger partial charge is 0.329 e. The summed E-state index contributed by atoms with van der Waals surface area (Å²) in [4.78, 5) is 22.0. The SMILES string of the molecule is CCCN(CCOc1c(Cl)cc(Cl)cc1Cl)C(=O)n1ccnc1.Nc1cnc2ccccc2c1N. The number of para-hydroxylation sites is 1. The fourth-order valence-electron chi connectivity index (χ4n) is 3.21. The van der Waals surface area contributed by atoms with Gasteiger partial charge in [-0.05, 0) is 24.6 Å². The molecule has 2 heterocycles. The highest BCUT2D eigenvalue weighted by atomic mass is 35.5. The number of hydrogen-bond acceptors (Lipinski definition) is 6. The van der Waals surface area contributed by atoms with Crippen molar-refractivity contribution in [2.75, 3.05) is 31.2 Å². The number of nitrogens with two attached hydrogens (primary N) is 2. The molecule has 2 aromatic heterocycles. The minimum Gasteiger partial charge on any atom is -0.489 e. The zero-order valence-corrected chi connectivity index (χ0v) is 21.3. The van der Waals surface area contributed by atoms with Crippen molar-refractivity contribution in [2.24, 2.45) is 0 Å². The highest BCUT2D eigenvalue weighted by Gasteiger charge is 2.15. The lowest BCUT2D eigenvalue weighted by molar-refractivity contribution is 0.184. The molecule has 0 spiro atoms. The summed E-state index contributed by atoms with van der Waals surface area (Å²) < 4.78 is 7.05. The predicted octanol–water partition coefficient (Wildman–Crippen LogP) is 6.00. The molecule has 2 aromatic carbocycles. The first-order valence-electron chi connectivity index (χ1n) is 10.7. The largest absolute Gasteiger partial charge is 0.489 e. The number of amides is 1. The molecule has 4 N–H and O–H groups in total. The Bertz CT molecular complexity index is 1260. The van der Waals surface area contributed by atoms with E-state index < -0.39 is 0 Å². The lowest BCUT2D eigenvalue weighted by Gasteiger charge is -2.22. The summed E-state index contributed by atoms with van der Waals surface area (Å²) in [5.41, 5.74) is 13.4. The minimum atomic E-state index is -0.152. The second-order valence-corrected chi connectivity index (χ2v) is 8.68. The minimum absolute atomic E-state index is 0.152. The van der Waals surface area contributed by atoms with Crippen LogP contribution in [0.5, 0.6) is 5.75 Å². The van der Waals surface area contributed by atoms with Crippen molar-refractivity contribution < 1.29 is 9.53 Å². The predicted molar refractivity (Wildman–Crippen MR) is 142 cm³/mol. The fraction of sp³-hybridized carbons (Fsp3) is 0.208. The van der Waals surface area contributed by atoms with E-state index in [1.165, 1.54) is 10.9 Å². The Labute approximate surface area is 218 Å². The Hall–Kier alpha value is -3.20. The molecule has 0 aliphatic rings.